The fourth-order valence-corrected chi connectivity index (χ4v) is 5.10. The molecule has 0 spiro atoms. The Labute approximate surface area is 195 Å². The van der Waals surface area contributed by atoms with Gasteiger partial charge in [-0.1, -0.05) is 81.4 Å². The maximum absolute atomic E-state index is 12.2. The van der Waals surface area contributed by atoms with Gasteiger partial charge in [0.1, 0.15) is 0 Å². The number of hydrogen-bond donors (Lipinski definition) is 0. The molecule has 3 rings (SSSR count). The van der Waals surface area contributed by atoms with Crippen LogP contribution in [-0.2, 0) is 27.0 Å². The summed E-state index contributed by atoms with van der Waals surface area (Å²) in [6.45, 7) is 14.1. The Balaban J connectivity index is 1.79. The monoisotopic (exact) mass is 453 g/mol. The van der Waals surface area contributed by atoms with E-state index in [4.69, 9.17) is 9.16 Å². The Bertz CT molecular complexity index is 848. The standard InChI is InChI=1S/C27H39NO3Si/c1-27(2,3)32(4,5)31-25(19-28-17-16-26(28)29)24(18-22-12-8-6-9-13-22)21-30-20-23-14-10-7-11-15-23/h6-15,24-25H,16-21H2,1-5H3/t24-,25-/m1/s1. The summed E-state index contributed by atoms with van der Waals surface area (Å²) in [7, 11) is -2.02. The summed E-state index contributed by atoms with van der Waals surface area (Å²) in [4.78, 5) is 14.1. The Morgan fingerprint density at radius 2 is 1.56 bits per heavy atom. The molecule has 0 N–H and O–H groups in total. The molecule has 1 aliphatic heterocycles. The Morgan fingerprint density at radius 1 is 0.969 bits per heavy atom. The fourth-order valence-electron chi connectivity index (χ4n) is 3.73. The first-order chi connectivity index (χ1) is 15.2. The summed E-state index contributed by atoms with van der Waals surface area (Å²) in [6, 6.07) is 20.8. The average molecular weight is 454 g/mol. The zero-order chi connectivity index (χ0) is 23.2. The van der Waals surface area contributed by atoms with E-state index in [1.807, 2.05) is 29.2 Å². The summed E-state index contributed by atoms with van der Waals surface area (Å²) in [6.07, 6.45) is 1.48. The number of carbonyl (C=O) groups is 1. The van der Waals surface area contributed by atoms with Crippen molar-refractivity contribution in [2.75, 3.05) is 19.7 Å². The summed E-state index contributed by atoms with van der Waals surface area (Å²) in [5, 5.41) is 0.104. The molecular formula is C27H39NO3Si. The van der Waals surface area contributed by atoms with E-state index in [0.717, 1.165) is 13.0 Å². The third-order valence-corrected chi connectivity index (χ3v) is 11.4. The molecule has 0 radical (unpaired) electrons. The number of β-lactam (4-membered cyclic amide) rings is 1. The summed E-state index contributed by atoms with van der Waals surface area (Å²) >= 11 is 0. The fraction of sp³-hybridized carbons (Fsp3) is 0.519. The molecule has 2 atom stereocenters. The second-order valence-corrected chi connectivity index (χ2v) is 15.2. The molecule has 174 valence electrons. The second kappa shape index (κ2) is 10.8. The van der Waals surface area contributed by atoms with Gasteiger partial charge < -0.3 is 14.1 Å². The van der Waals surface area contributed by atoms with Crippen molar-refractivity contribution in [3.63, 3.8) is 0 Å². The minimum absolute atomic E-state index is 0.0453. The van der Waals surface area contributed by atoms with Gasteiger partial charge in [0, 0.05) is 25.4 Å². The van der Waals surface area contributed by atoms with Crippen LogP contribution in [0.1, 0.15) is 38.3 Å². The van der Waals surface area contributed by atoms with Gasteiger partial charge in [0.2, 0.25) is 5.91 Å². The minimum atomic E-state index is -2.02. The van der Waals surface area contributed by atoms with E-state index in [2.05, 4.69) is 70.3 Å². The molecule has 5 heteroatoms. The number of carbonyl (C=O) groups excluding carboxylic acids is 1. The van der Waals surface area contributed by atoms with Crippen molar-refractivity contribution in [2.45, 2.75) is 64.5 Å². The van der Waals surface area contributed by atoms with E-state index in [1.54, 1.807) is 0 Å². The maximum Gasteiger partial charge on any atom is 0.224 e. The number of nitrogens with zero attached hydrogens (tertiary/aromatic N) is 1. The van der Waals surface area contributed by atoms with Crippen LogP contribution < -0.4 is 0 Å². The van der Waals surface area contributed by atoms with Crippen LogP contribution in [0.25, 0.3) is 0 Å². The highest BCUT2D eigenvalue weighted by Crippen LogP contribution is 2.38. The van der Waals surface area contributed by atoms with Gasteiger partial charge in [-0.05, 0) is 35.7 Å². The SMILES string of the molecule is CC(C)(C)[Si](C)(C)O[C@H](CN1CCC1=O)[C@@H](COCc1ccccc1)Cc1ccccc1. The molecule has 1 heterocycles. The highest BCUT2D eigenvalue weighted by molar-refractivity contribution is 6.74. The summed E-state index contributed by atoms with van der Waals surface area (Å²) in [5.41, 5.74) is 2.45. The van der Waals surface area contributed by atoms with E-state index in [-0.39, 0.29) is 23.0 Å². The van der Waals surface area contributed by atoms with Gasteiger partial charge in [0.05, 0.1) is 19.3 Å². The average Bonchev–Trinajstić information content (AvgIpc) is 2.75. The predicted octanol–water partition coefficient (Wildman–Crippen LogP) is 5.68. The molecule has 1 aliphatic rings. The second-order valence-electron chi connectivity index (χ2n) is 10.5. The largest absolute Gasteiger partial charge is 0.412 e. The zero-order valence-corrected chi connectivity index (χ0v) is 21.3. The van der Waals surface area contributed by atoms with E-state index >= 15 is 0 Å². The van der Waals surface area contributed by atoms with Crippen molar-refractivity contribution in [3.8, 4) is 0 Å². The quantitative estimate of drug-likeness (QED) is 0.324. The van der Waals surface area contributed by atoms with Crippen molar-refractivity contribution < 1.29 is 14.0 Å². The molecule has 1 amide bonds. The minimum Gasteiger partial charge on any atom is -0.412 e. The van der Waals surface area contributed by atoms with Gasteiger partial charge in [-0.15, -0.1) is 0 Å². The van der Waals surface area contributed by atoms with E-state index in [1.165, 1.54) is 11.1 Å². The normalized spacial score (nSPS) is 16.5. The van der Waals surface area contributed by atoms with Crippen LogP contribution in [0.3, 0.4) is 0 Å². The molecule has 4 nitrogen and oxygen atoms in total. The van der Waals surface area contributed by atoms with Crippen molar-refractivity contribution in [3.05, 3.63) is 71.8 Å². The van der Waals surface area contributed by atoms with Gasteiger partial charge in [-0.25, -0.2) is 0 Å². The highest BCUT2D eigenvalue weighted by atomic mass is 28.4. The lowest BCUT2D eigenvalue weighted by molar-refractivity contribution is -0.142. The molecule has 0 aromatic heterocycles. The van der Waals surface area contributed by atoms with Gasteiger partial charge >= 0.3 is 0 Å². The number of ether oxygens (including phenoxy) is 1. The van der Waals surface area contributed by atoms with Crippen molar-refractivity contribution in [1.29, 1.82) is 0 Å². The van der Waals surface area contributed by atoms with E-state index < -0.39 is 8.32 Å². The molecule has 1 fully saturated rings. The lowest BCUT2D eigenvalue weighted by atomic mass is 9.93. The van der Waals surface area contributed by atoms with Crippen LogP contribution in [0.2, 0.25) is 18.1 Å². The number of rotatable bonds is 11. The molecule has 0 unspecified atom stereocenters. The first kappa shape index (κ1) is 24.7. The van der Waals surface area contributed by atoms with Crippen molar-refractivity contribution >= 4 is 14.2 Å². The smallest absolute Gasteiger partial charge is 0.224 e. The number of amides is 1. The lowest BCUT2D eigenvalue weighted by Gasteiger charge is -2.44. The van der Waals surface area contributed by atoms with Gasteiger partial charge in [0.25, 0.3) is 0 Å². The highest BCUT2D eigenvalue weighted by Gasteiger charge is 2.42. The van der Waals surface area contributed by atoms with Crippen LogP contribution in [-0.4, -0.2) is 44.9 Å². The predicted molar refractivity (Wildman–Crippen MR) is 133 cm³/mol. The summed E-state index contributed by atoms with van der Waals surface area (Å²) < 4.78 is 13.2. The molecule has 32 heavy (non-hydrogen) atoms. The molecule has 0 aliphatic carbocycles. The molecule has 0 bridgehead atoms. The topological polar surface area (TPSA) is 38.8 Å². The Morgan fingerprint density at radius 3 is 2.06 bits per heavy atom. The zero-order valence-electron chi connectivity index (χ0n) is 20.3. The third-order valence-electron chi connectivity index (χ3n) is 6.91. The van der Waals surface area contributed by atoms with Crippen LogP contribution in [0, 0.1) is 5.92 Å². The molecule has 2 aromatic rings. The Kier molecular flexibility index (Phi) is 8.31. The van der Waals surface area contributed by atoms with E-state index in [9.17, 15) is 4.79 Å². The van der Waals surface area contributed by atoms with Crippen LogP contribution in [0.5, 0.6) is 0 Å². The number of benzene rings is 2. The molecule has 2 aromatic carbocycles. The first-order valence-electron chi connectivity index (χ1n) is 11.8. The summed E-state index contributed by atoms with van der Waals surface area (Å²) in [5.74, 6) is 0.404. The number of hydrogen-bond acceptors (Lipinski definition) is 3. The maximum atomic E-state index is 12.2. The lowest BCUT2D eigenvalue weighted by Crippen LogP contribution is -2.54. The van der Waals surface area contributed by atoms with Crippen LogP contribution >= 0.6 is 0 Å². The van der Waals surface area contributed by atoms with Crippen molar-refractivity contribution in [2.24, 2.45) is 5.92 Å². The Hall–Kier alpha value is -1.95. The molecular weight excluding hydrogens is 414 g/mol. The number of likely N-dealkylation sites (tertiary alicyclic amines) is 1. The third kappa shape index (κ3) is 6.77. The van der Waals surface area contributed by atoms with Crippen LogP contribution in [0.4, 0.5) is 0 Å². The van der Waals surface area contributed by atoms with E-state index in [0.29, 0.717) is 26.2 Å². The van der Waals surface area contributed by atoms with Gasteiger partial charge in [-0.3, -0.25) is 4.79 Å². The first-order valence-corrected chi connectivity index (χ1v) is 14.7. The van der Waals surface area contributed by atoms with Gasteiger partial charge in [-0.2, -0.15) is 0 Å². The molecule has 0 saturated carbocycles. The van der Waals surface area contributed by atoms with Crippen LogP contribution in [0.15, 0.2) is 60.7 Å². The van der Waals surface area contributed by atoms with Crippen molar-refractivity contribution in [1.82, 2.24) is 4.90 Å². The van der Waals surface area contributed by atoms with Gasteiger partial charge in [0.15, 0.2) is 8.32 Å². The molecule has 1 saturated heterocycles.